The van der Waals surface area contributed by atoms with Crippen LogP contribution in [0.2, 0.25) is 0 Å². The minimum absolute atomic E-state index is 0.398. The predicted octanol–water partition coefficient (Wildman–Crippen LogP) is -0.641. The maximum atomic E-state index is 9.50. The first-order valence-electron chi connectivity index (χ1n) is 4.25. The Bertz CT molecular complexity index is 317. The molecule has 0 radical (unpaired) electrons. The van der Waals surface area contributed by atoms with E-state index in [0.717, 1.165) is 0 Å². The predicted molar refractivity (Wildman–Crippen MR) is 51.4 cm³/mol. The molecule has 2 unspecified atom stereocenters. The van der Waals surface area contributed by atoms with Gasteiger partial charge >= 0.3 is 0 Å². The number of aliphatic hydroxyl groups is 3. The van der Waals surface area contributed by atoms with Gasteiger partial charge in [0.2, 0.25) is 0 Å². The van der Waals surface area contributed by atoms with Crippen LogP contribution in [0.1, 0.15) is 17.4 Å². The number of nitrogen functional groups attached to an aromatic ring is 1. The monoisotopic (exact) mass is 198 g/mol. The Balaban J connectivity index is 2.91. The lowest BCUT2D eigenvalue weighted by molar-refractivity contribution is -0.0153. The largest absolute Gasteiger partial charge is 0.397 e. The second kappa shape index (κ2) is 4.36. The topological polar surface area (TPSA) is 99.6 Å². The minimum Gasteiger partial charge on any atom is -0.397 e. The highest BCUT2D eigenvalue weighted by Gasteiger charge is 2.18. The van der Waals surface area contributed by atoms with Crippen molar-refractivity contribution in [3.05, 3.63) is 23.5 Å². The summed E-state index contributed by atoms with van der Waals surface area (Å²) in [6, 6.07) is 1.53. The Morgan fingerprint density at radius 2 is 2.14 bits per heavy atom. The molecule has 1 aromatic heterocycles. The number of aryl methyl sites for hydroxylation is 1. The molecular weight excluding hydrogens is 184 g/mol. The minimum atomic E-state index is -1.21. The number of aromatic nitrogens is 1. The molecular formula is C9H14N2O3. The third-order valence-corrected chi connectivity index (χ3v) is 2.04. The molecule has 0 fully saturated rings. The Morgan fingerprint density at radius 1 is 1.50 bits per heavy atom. The summed E-state index contributed by atoms with van der Waals surface area (Å²) in [7, 11) is 0. The normalized spacial score (nSPS) is 15.1. The second-order valence-electron chi connectivity index (χ2n) is 3.14. The number of pyridine rings is 1. The van der Waals surface area contributed by atoms with Crippen LogP contribution in [0.3, 0.4) is 0 Å². The number of nitrogens with two attached hydrogens (primary N) is 1. The molecule has 1 aromatic rings. The number of hydrogen-bond donors (Lipinski definition) is 4. The average molecular weight is 198 g/mol. The lowest BCUT2D eigenvalue weighted by atomic mass is 10.1. The highest BCUT2D eigenvalue weighted by Crippen LogP contribution is 2.19. The lowest BCUT2D eigenvalue weighted by Crippen LogP contribution is -2.22. The summed E-state index contributed by atoms with van der Waals surface area (Å²) < 4.78 is 0. The van der Waals surface area contributed by atoms with Crippen molar-refractivity contribution in [1.29, 1.82) is 0 Å². The second-order valence-corrected chi connectivity index (χ2v) is 3.14. The molecule has 0 aliphatic heterocycles. The van der Waals surface area contributed by atoms with Crippen LogP contribution in [0, 0.1) is 6.92 Å². The molecule has 14 heavy (non-hydrogen) atoms. The van der Waals surface area contributed by atoms with Gasteiger partial charge in [0.25, 0.3) is 0 Å². The third kappa shape index (κ3) is 2.20. The molecule has 5 N–H and O–H groups in total. The van der Waals surface area contributed by atoms with E-state index in [1.54, 1.807) is 6.92 Å². The number of anilines is 1. The van der Waals surface area contributed by atoms with Gasteiger partial charge in [0.1, 0.15) is 12.2 Å². The summed E-state index contributed by atoms with van der Waals surface area (Å²) in [5.74, 6) is 0. The first-order valence-corrected chi connectivity index (χ1v) is 4.25. The molecule has 1 heterocycles. The quantitative estimate of drug-likeness (QED) is 0.517. The van der Waals surface area contributed by atoms with Crippen LogP contribution in [0.5, 0.6) is 0 Å². The molecule has 0 aliphatic carbocycles. The molecule has 0 aromatic carbocycles. The van der Waals surface area contributed by atoms with Crippen LogP contribution in [0.4, 0.5) is 5.69 Å². The van der Waals surface area contributed by atoms with Gasteiger partial charge in [0.05, 0.1) is 18.0 Å². The van der Waals surface area contributed by atoms with E-state index >= 15 is 0 Å². The van der Waals surface area contributed by atoms with Crippen LogP contribution in [-0.4, -0.2) is 33.0 Å². The van der Waals surface area contributed by atoms with E-state index in [4.69, 9.17) is 10.8 Å². The van der Waals surface area contributed by atoms with Crippen LogP contribution < -0.4 is 5.73 Å². The Hall–Kier alpha value is -1.17. The fourth-order valence-corrected chi connectivity index (χ4v) is 1.05. The molecule has 5 nitrogen and oxygen atoms in total. The Labute approximate surface area is 81.8 Å². The van der Waals surface area contributed by atoms with Gasteiger partial charge in [0, 0.05) is 11.8 Å². The average Bonchev–Trinajstić information content (AvgIpc) is 2.20. The van der Waals surface area contributed by atoms with Crippen LogP contribution >= 0.6 is 0 Å². The Morgan fingerprint density at radius 3 is 2.64 bits per heavy atom. The molecule has 5 heteroatoms. The van der Waals surface area contributed by atoms with E-state index in [-0.39, 0.29) is 0 Å². The molecule has 0 saturated carbocycles. The van der Waals surface area contributed by atoms with Gasteiger partial charge in [0.15, 0.2) is 0 Å². The molecule has 0 amide bonds. The summed E-state index contributed by atoms with van der Waals surface area (Å²) in [5, 5.41) is 27.3. The highest BCUT2D eigenvalue weighted by molar-refractivity contribution is 5.44. The molecule has 2 atom stereocenters. The van der Waals surface area contributed by atoms with Gasteiger partial charge in [-0.05, 0) is 13.0 Å². The summed E-state index contributed by atoms with van der Waals surface area (Å²) >= 11 is 0. The van der Waals surface area contributed by atoms with E-state index < -0.39 is 18.8 Å². The summed E-state index contributed by atoms with van der Waals surface area (Å²) in [4.78, 5) is 3.94. The van der Waals surface area contributed by atoms with Crippen molar-refractivity contribution in [2.24, 2.45) is 0 Å². The van der Waals surface area contributed by atoms with Gasteiger partial charge in [-0.2, -0.15) is 0 Å². The van der Waals surface area contributed by atoms with Crippen molar-refractivity contribution in [3.8, 4) is 0 Å². The summed E-state index contributed by atoms with van der Waals surface area (Å²) in [6.07, 6.45) is -0.941. The smallest absolute Gasteiger partial charge is 0.109 e. The van der Waals surface area contributed by atoms with Gasteiger partial charge < -0.3 is 21.1 Å². The van der Waals surface area contributed by atoms with Gasteiger partial charge in [-0.3, -0.25) is 4.98 Å². The van der Waals surface area contributed by atoms with Crippen molar-refractivity contribution in [3.63, 3.8) is 0 Å². The summed E-state index contributed by atoms with van der Waals surface area (Å²) in [5.41, 5.74) is 7.10. The van der Waals surface area contributed by atoms with Gasteiger partial charge in [-0.15, -0.1) is 0 Å². The zero-order valence-corrected chi connectivity index (χ0v) is 7.88. The number of nitrogens with zero attached hydrogens (tertiary/aromatic N) is 1. The van der Waals surface area contributed by atoms with Crippen molar-refractivity contribution in [2.75, 3.05) is 12.3 Å². The van der Waals surface area contributed by atoms with Crippen LogP contribution in [0.25, 0.3) is 0 Å². The van der Waals surface area contributed by atoms with E-state index in [2.05, 4.69) is 4.98 Å². The molecule has 1 rings (SSSR count). The molecule has 78 valence electrons. The fourth-order valence-electron chi connectivity index (χ4n) is 1.05. The zero-order valence-electron chi connectivity index (χ0n) is 7.88. The number of hydrogen-bond acceptors (Lipinski definition) is 5. The first kappa shape index (κ1) is 10.9. The maximum absolute atomic E-state index is 9.50. The molecule has 0 aliphatic rings. The van der Waals surface area contributed by atoms with Crippen molar-refractivity contribution in [1.82, 2.24) is 4.98 Å². The lowest BCUT2D eigenvalue weighted by Gasteiger charge is -2.16. The van der Waals surface area contributed by atoms with E-state index in [0.29, 0.717) is 16.9 Å². The Kier molecular flexibility index (Phi) is 3.40. The van der Waals surface area contributed by atoms with E-state index in [1.165, 1.54) is 12.3 Å². The SMILES string of the molecule is Cc1ncc(C(O)C(O)CO)cc1N. The third-order valence-electron chi connectivity index (χ3n) is 2.04. The van der Waals surface area contributed by atoms with Crippen molar-refractivity contribution in [2.45, 2.75) is 19.1 Å². The van der Waals surface area contributed by atoms with Crippen LogP contribution in [-0.2, 0) is 0 Å². The number of aliphatic hydroxyl groups excluding tert-OH is 3. The summed E-state index contributed by atoms with van der Waals surface area (Å²) in [6.45, 7) is 1.24. The fraction of sp³-hybridized carbons (Fsp3) is 0.444. The molecule has 0 saturated heterocycles. The first-order chi connectivity index (χ1) is 6.56. The molecule has 0 bridgehead atoms. The standard InChI is InChI=1S/C9H14N2O3/c1-5-7(10)2-6(3-11-5)9(14)8(13)4-12/h2-3,8-9,12-14H,4,10H2,1H3. The van der Waals surface area contributed by atoms with E-state index in [1.807, 2.05) is 0 Å². The highest BCUT2D eigenvalue weighted by atomic mass is 16.4. The molecule has 0 spiro atoms. The van der Waals surface area contributed by atoms with Gasteiger partial charge in [-0.1, -0.05) is 0 Å². The van der Waals surface area contributed by atoms with Crippen molar-refractivity contribution >= 4 is 5.69 Å². The van der Waals surface area contributed by atoms with Gasteiger partial charge in [-0.25, -0.2) is 0 Å². The van der Waals surface area contributed by atoms with Crippen molar-refractivity contribution < 1.29 is 15.3 Å². The maximum Gasteiger partial charge on any atom is 0.109 e. The van der Waals surface area contributed by atoms with Crippen LogP contribution in [0.15, 0.2) is 12.3 Å². The number of rotatable bonds is 3. The zero-order chi connectivity index (χ0) is 10.7. The van der Waals surface area contributed by atoms with E-state index in [9.17, 15) is 10.2 Å².